The van der Waals surface area contributed by atoms with Crippen molar-refractivity contribution in [3.05, 3.63) is 0 Å². The maximum Gasteiger partial charge on any atom is 0.394 e. The normalized spacial score (nSPS) is 10.7. The highest BCUT2D eigenvalue weighted by atomic mass is 32.3. The molecule has 0 atom stereocenters. The van der Waals surface area contributed by atoms with E-state index in [1.807, 2.05) is 0 Å². The minimum Gasteiger partial charge on any atom is -0.330 e. The molecule has 0 amide bonds. The lowest BCUT2D eigenvalue weighted by Gasteiger charge is -1.86. The minimum absolute atomic E-state index is 0.201. The molecule has 0 aromatic heterocycles. The maximum absolute atomic E-state index is 9.56. The van der Waals surface area contributed by atoms with Gasteiger partial charge >= 0.3 is 10.4 Å². The van der Waals surface area contributed by atoms with Crippen LogP contribution >= 0.6 is 0 Å². The summed E-state index contributed by atoms with van der Waals surface area (Å²) >= 11 is 0. The molecule has 0 fully saturated rings. The van der Waals surface area contributed by atoms with Crippen LogP contribution in [0, 0.1) is 0 Å². The van der Waals surface area contributed by atoms with Crippen LogP contribution in [-0.4, -0.2) is 42.8 Å². The number of hydrogen-bond donors (Lipinski definition) is 4. The summed E-state index contributed by atoms with van der Waals surface area (Å²) in [4.78, 5) is 0. The summed E-state index contributed by atoms with van der Waals surface area (Å²) in [7, 11) is -8.33. The van der Waals surface area contributed by atoms with E-state index in [0.717, 1.165) is 6.54 Å². The molecule has 0 aliphatic rings. The van der Waals surface area contributed by atoms with Crippen molar-refractivity contribution in [2.24, 2.45) is 5.73 Å². The first-order valence-corrected chi connectivity index (χ1v) is 7.83. The van der Waals surface area contributed by atoms with Crippen LogP contribution in [0.25, 0.3) is 0 Å². The maximum atomic E-state index is 9.56. The smallest absolute Gasteiger partial charge is 0.330 e. The summed E-state index contributed by atoms with van der Waals surface area (Å²) in [5.41, 5.74) is 5.21. The van der Waals surface area contributed by atoms with E-state index in [1.54, 1.807) is 0 Å². The van der Waals surface area contributed by atoms with Gasteiger partial charge in [0.25, 0.3) is 10.1 Å². The Balaban J connectivity index is -0.000000174. The first-order chi connectivity index (χ1) is 7.47. The summed E-state index contributed by atoms with van der Waals surface area (Å²) < 4.78 is 58.5. The molecule has 0 aromatic rings. The van der Waals surface area contributed by atoms with Crippen molar-refractivity contribution in [1.29, 1.82) is 0 Å². The van der Waals surface area contributed by atoms with Gasteiger partial charge in [0.15, 0.2) is 0 Å². The van der Waals surface area contributed by atoms with Crippen molar-refractivity contribution in [3.8, 4) is 0 Å². The lowest BCUT2D eigenvalue weighted by molar-refractivity contribution is 0.381. The predicted molar refractivity (Wildman–Crippen MR) is 64.8 cm³/mol. The van der Waals surface area contributed by atoms with E-state index >= 15 is 0 Å². The summed E-state index contributed by atoms with van der Waals surface area (Å²) in [6.45, 7) is 4.40. The third-order valence-electron chi connectivity index (χ3n) is 1.17. The highest BCUT2D eigenvalue weighted by Crippen LogP contribution is 1.88. The van der Waals surface area contributed by atoms with Crippen LogP contribution in [0.1, 0.15) is 33.1 Å². The van der Waals surface area contributed by atoms with E-state index < -0.39 is 20.5 Å². The zero-order valence-electron chi connectivity index (χ0n) is 9.90. The van der Waals surface area contributed by atoms with Gasteiger partial charge in [-0.05, 0) is 19.9 Å². The highest BCUT2D eigenvalue weighted by molar-refractivity contribution is 7.85. The molecule has 0 aliphatic heterocycles. The summed E-state index contributed by atoms with van der Waals surface area (Å²) in [6.07, 6.45) is 3.75. The minimum atomic E-state index is -4.67. The van der Waals surface area contributed by atoms with E-state index in [2.05, 4.69) is 6.92 Å². The van der Waals surface area contributed by atoms with Crippen molar-refractivity contribution >= 4 is 20.5 Å². The van der Waals surface area contributed by atoms with Gasteiger partial charge in [0, 0.05) is 0 Å². The van der Waals surface area contributed by atoms with E-state index in [9.17, 15) is 8.42 Å². The third-order valence-corrected chi connectivity index (χ3v) is 1.90. The second kappa shape index (κ2) is 12.2. The zero-order chi connectivity index (χ0) is 14.5. The Labute approximate surface area is 103 Å². The molecule has 17 heavy (non-hydrogen) atoms. The molecule has 0 rings (SSSR count). The Kier molecular flexibility index (Phi) is 15.8. The Hall–Kier alpha value is -0.260. The van der Waals surface area contributed by atoms with Crippen LogP contribution < -0.4 is 5.73 Å². The lowest BCUT2D eigenvalue weighted by atomic mass is 10.3. The largest absolute Gasteiger partial charge is 0.394 e. The third kappa shape index (κ3) is 90.2. The van der Waals surface area contributed by atoms with Crippen molar-refractivity contribution in [1.82, 2.24) is 0 Å². The Morgan fingerprint density at radius 3 is 1.29 bits per heavy atom. The van der Waals surface area contributed by atoms with Crippen LogP contribution in [-0.2, 0) is 20.5 Å². The average Bonchev–Trinajstić information content (AvgIpc) is 2.12. The summed E-state index contributed by atoms with van der Waals surface area (Å²) in [6, 6.07) is 0. The SMILES string of the molecule is CCCCCN.CCS(=O)(=O)O.O=S(=O)(O)O. The van der Waals surface area contributed by atoms with Gasteiger partial charge in [0.2, 0.25) is 0 Å². The van der Waals surface area contributed by atoms with Gasteiger partial charge in [-0.2, -0.15) is 16.8 Å². The number of rotatable bonds is 4. The van der Waals surface area contributed by atoms with E-state index in [0.29, 0.717) is 0 Å². The Bertz CT molecular complexity index is 323. The quantitative estimate of drug-likeness (QED) is 0.428. The van der Waals surface area contributed by atoms with Crippen molar-refractivity contribution in [2.75, 3.05) is 12.3 Å². The Morgan fingerprint density at radius 2 is 1.24 bits per heavy atom. The molecule has 0 spiro atoms. The van der Waals surface area contributed by atoms with E-state index in [-0.39, 0.29) is 5.75 Å². The van der Waals surface area contributed by atoms with Gasteiger partial charge in [-0.1, -0.05) is 19.8 Å². The molecule has 10 heteroatoms. The lowest BCUT2D eigenvalue weighted by Crippen LogP contribution is -1.97. The highest BCUT2D eigenvalue weighted by Gasteiger charge is 1.93. The van der Waals surface area contributed by atoms with E-state index in [4.69, 9.17) is 27.8 Å². The van der Waals surface area contributed by atoms with Crippen molar-refractivity contribution in [2.45, 2.75) is 33.1 Å². The molecule has 0 saturated heterocycles. The molecule has 5 N–H and O–H groups in total. The molecule has 0 unspecified atom stereocenters. The molecule has 0 saturated carbocycles. The molecule has 0 aliphatic carbocycles. The van der Waals surface area contributed by atoms with E-state index in [1.165, 1.54) is 26.2 Å². The number of unbranched alkanes of at least 4 members (excludes halogenated alkanes) is 2. The number of nitrogens with two attached hydrogens (primary N) is 1. The fourth-order valence-electron chi connectivity index (χ4n) is 0.394. The van der Waals surface area contributed by atoms with Crippen LogP contribution in [0.4, 0.5) is 0 Å². The standard InChI is InChI=1S/C5H13N.C2H6O3S.H2O4S/c1-2-3-4-5-6;1-2-6(3,4)5;1-5(2,3)4/h2-6H2,1H3;2H2,1H3,(H,3,4,5);(H2,1,2,3,4). The zero-order valence-corrected chi connectivity index (χ0v) is 11.5. The molecule has 0 heterocycles. The first-order valence-electron chi connectivity index (χ1n) is 4.83. The molecule has 108 valence electrons. The predicted octanol–water partition coefficient (Wildman–Crippen LogP) is 0.377. The van der Waals surface area contributed by atoms with Gasteiger partial charge in [-0.3, -0.25) is 13.7 Å². The summed E-state index contributed by atoms with van der Waals surface area (Å²) in [5.74, 6) is -0.201. The fraction of sp³-hybridized carbons (Fsp3) is 1.00. The first kappa shape index (κ1) is 22.0. The summed E-state index contributed by atoms with van der Waals surface area (Å²) in [5, 5.41) is 0. The van der Waals surface area contributed by atoms with Gasteiger partial charge in [0.1, 0.15) is 0 Å². The van der Waals surface area contributed by atoms with Crippen LogP contribution in [0.5, 0.6) is 0 Å². The van der Waals surface area contributed by atoms with Gasteiger partial charge in [-0.15, -0.1) is 0 Å². The van der Waals surface area contributed by atoms with Crippen LogP contribution in [0.15, 0.2) is 0 Å². The average molecular weight is 295 g/mol. The van der Waals surface area contributed by atoms with Gasteiger partial charge in [-0.25, -0.2) is 0 Å². The van der Waals surface area contributed by atoms with Crippen molar-refractivity contribution in [3.63, 3.8) is 0 Å². The molecule has 0 aromatic carbocycles. The molecular formula is C7H21NO7S2. The molecule has 0 radical (unpaired) electrons. The second-order valence-electron chi connectivity index (χ2n) is 2.81. The number of hydrogen-bond acceptors (Lipinski definition) is 5. The molecule has 8 nitrogen and oxygen atoms in total. The van der Waals surface area contributed by atoms with Crippen LogP contribution in [0.2, 0.25) is 0 Å². The monoisotopic (exact) mass is 295 g/mol. The van der Waals surface area contributed by atoms with Crippen LogP contribution in [0.3, 0.4) is 0 Å². The Morgan fingerprint density at radius 1 is 0.941 bits per heavy atom. The topological polar surface area (TPSA) is 155 Å². The molecule has 0 bridgehead atoms. The fourth-order valence-corrected chi connectivity index (χ4v) is 0.394. The van der Waals surface area contributed by atoms with Gasteiger partial charge < -0.3 is 5.73 Å². The van der Waals surface area contributed by atoms with Gasteiger partial charge in [0.05, 0.1) is 5.75 Å². The molecular weight excluding hydrogens is 274 g/mol. The van der Waals surface area contributed by atoms with Crippen molar-refractivity contribution < 1.29 is 30.5 Å². The second-order valence-corrected chi connectivity index (χ2v) is 5.45.